The van der Waals surface area contributed by atoms with Crippen LogP contribution >= 0.6 is 0 Å². The Hall–Kier alpha value is -2.41. The molecule has 2 aromatic heterocycles. The number of hydrogen-bond acceptors (Lipinski definition) is 4. The molecule has 3 heterocycles. The molecule has 7 nitrogen and oxygen atoms in total. The van der Waals surface area contributed by atoms with E-state index in [2.05, 4.69) is 24.1 Å². The van der Waals surface area contributed by atoms with Gasteiger partial charge in [-0.05, 0) is 61.1 Å². The highest BCUT2D eigenvalue weighted by Crippen LogP contribution is 2.61. The second-order valence-corrected chi connectivity index (χ2v) is 10.4. The molecule has 2 aromatic rings. The van der Waals surface area contributed by atoms with Crippen molar-refractivity contribution in [3.05, 3.63) is 35.8 Å². The highest BCUT2D eigenvalue weighted by molar-refractivity contribution is 5.93. The molecule has 31 heavy (non-hydrogen) atoms. The van der Waals surface area contributed by atoms with Crippen molar-refractivity contribution in [1.82, 2.24) is 19.6 Å². The zero-order chi connectivity index (χ0) is 21.8. The smallest absolute Gasteiger partial charge is 0.268 e. The Kier molecular flexibility index (Phi) is 5.04. The van der Waals surface area contributed by atoms with E-state index in [-0.39, 0.29) is 18.2 Å². The predicted molar refractivity (Wildman–Crippen MR) is 118 cm³/mol. The van der Waals surface area contributed by atoms with Crippen LogP contribution in [0.4, 0.5) is 0 Å². The van der Waals surface area contributed by atoms with Crippen molar-refractivity contribution in [3.8, 4) is 0 Å². The van der Waals surface area contributed by atoms with Gasteiger partial charge in [0.2, 0.25) is 5.91 Å². The first-order valence-corrected chi connectivity index (χ1v) is 11.6. The Morgan fingerprint density at radius 3 is 2.77 bits per heavy atom. The first-order valence-electron chi connectivity index (χ1n) is 11.6. The van der Waals surface area contributed by atoms with Gasteiger partial charge in [-0.1, -0.05) is 19.9 Å². The van der Waals surface area contributed by atoms with Gasteiger partial charge in [0.1, 0.15) is 11.3 Å². The minimum Gasteiger partial charge on any atom is -0.350 e. The van der Waals surface area contributed by atoms with Crippen LogP contribution in [0.15, 0.2) is 24.4 Å². The quantitative estimate of drug-likeness (QED) is 0.744. The number of aromatic nitrogens is 2. The third-order valence-electron chi connectivity index (χ3n) is 8.28. The van der Waals surface area contributed by atoms with Gasteiger partial charge in [0.25, 0.3) is 5.91 Å². The molecule has 7 heteroatoms. The van der Waals surface area contributed by atoms with Gasteiger partial charge in [0, 0.05) is 31.7 Å². The summed E-state index contributed by atoms with van der Waals surface area (Å²) in [4.78, 5) is 31.9. The number of fused-ring (bicyclic) bond motifs is 3. The van der Waals surface area contributed by atoms with E-state index in [1.807, 2.05) is 29.3 Å². The van der Waals surface area contributed by atoms with Crippen molar-refractivity contribution in [2.45, 2.75) is 39.5 Å². The second kappa shape index (κ2) is 7.62. The molecule has 3 atom stereocenters. The molecular formula is C24H33N5O2. The fraction of sp³-hybridized carbons (Fsp3) is 0.625. The minimum absolute atomic E-state index is 0.0674. The van der Waals surface area contributed by atoms with Gasteiger partial charge in [-0.25, -0.2) is 4.98 Å². The maximum absolute atomic E-state index is 13.0. The molecule has 3 saturated carbocycles. The summed E-state index contributed by atoms with van der Waals surface area (Å²) in [7, 11) is 0. The highest BCUT2D eigenvalue weighted by Gasteiger charge is 2.53. The summed E-state index contributed by atoms with van der Waals surface area (Å²) in [5, 5.41) is 3.18. The van der Waals surface area contributed by atoms with Crippen LogP contribution in [0.3, 0.4) is 0 Å². The molecule has 166 valence electrons. The number of hydrogen-bond donors (Lipinski definition) is 2. The van der Waals surface area contributed by atoms with Gasteiger partial charge in [0.15, 0.2) is 0 Å². The van der Waals surface area contributed by atoms with Crippen LogP contribution in [0.25, 0.3) is 5.65 Å². The van der Waals surface area contributed by atoms with Crippen LogP contribution in [0, 0.1) is 29.1 Å². The van der Waals surface area contributed by atoms with E-state index >= 15 is 0 Å². The number of nitrogens with one attached hydrogen (secondary N) is 1. The predicted octanol–water partition coefficient (Wildman–Crippen LogP) is 2.10. The highest BCUT2D eigenvalue weighted by atomic mass is 16.2. The number of carbonyl (C=O) groups excluding carboxylic acids is 2. The summed E-state index contributed by atoms with van der Waals surface area (Å²) in [5.74, 6) is 2.55. The van der Waals surface area contributed by atoms with Gasteiger partial charge in [-0.3, -0.25) is 14.0 Å². The molecule has 4 aliphatic rings. The van der Waals surface area contributed by atoms with E-state index in [0.29, 0.717) is 46.7 Å². The normalized spacial score (nSPS) is 26.9. The van der Waals surface area contributed by atoms with Gasteiger partial charge < -0.3 is 16.0 Å². The Labute approximate surface area is 183 Å². The fourth-order valence-corrected chi connectivity index (χ4v) is 6.04. The average Bonchev–Trinajstić information content (AvgIpc) is 3.13. The number of rotatable bonds is 6. The number of carbonyl (C=O) groups is 2. The average molecular weight is 424 g/mol. The largest absolute Gasteiger partial charge is 0.350 e. The monoisotopic (exact) mass is 423 g/mol. The molecule has 3 N–H and O–H groups in total. The molecule has 2 bridgehead atoms. The van der Waals surface area contributed by atoms with Crippen LogP contribution in [0.2, 0.25) is 0 Å². The van der Waals surface area contributed by atoms with Crippen LogP contribution in [-0.4, -0.2) is 52.3 Å². The standard InChI is InChI=1S/C24H33N5O2/c1-24(2)17-7-6-16(19(24)8-17)11-26-23(31)20-4-3-5-21-27-18(14-29(20)21)9-22(30)28-12-15(10-25)13-28/h3-5,14-17,19H,6-13,25H2,1-2H3,(H,26,31)/t16-,17+,19+/m0/s1. The van der Waals surface area contributed by atoms with Gasteiger partial charge in [0.05, 0.1) is 12.1 Å². The van der Waals surface area contributed by atoms with Crippen molar-refractivity contribution >= 4 is 17.5 Å². The Bertz CT molecular complexity index is 1000. The van der Waals surface area contributed by atoms with E-state index in [9.17, 15) is 9.59 Å². The molecule has 6 rings (SSSR count). The van der Waals surface area contributed by atoms with Crippen LogP contribution < -0.4 is 11.1 Å². The Balaban J connectivity index is 1.24. The number of amides is 2. The zero-order valence-electron chi connectivity index (χ0n) is 18.5. The van der Waals surface area contributed by atoms with E-state index in [1.165, 1.54) is 19.3 Å². The summed E-state index contributed by atoms with van der Waals surface area (Å²) >= 11 is 0. The molecule has 4 fully saturated rings. The van der Waals surface area contributed by atoms with Crippen molar-refractivity contribution in [1.29, 1.82) is 0 Å². The first-order chi connectivity index (χ1) is 14.9. The van der Waals surface area contributed by atoms with Gasteiger partial charge in [-0.15, -0.1) is 0 Å². The molecule has 3 aliphatic carbocycles. The van der Waals surface area contributed by atoms with Crippen molar-refractivity contribution < 1.29 is 9.59 Å². The SMILES string of the molecule is CC1(C)[C@@H]2CC[C@@H](CNC(=O)c3cccc4nc(CC(=O)N5CC(CN)C5)cn34)[C@H]1C2. The van der Waals surface area contributed by atoms with Crippen LogP contribution in [-0.2, 0) is 11.2 Å². The molecule has 0 unspecified atom stereocenters. The lowest BCUT2D eigenvalue weighted by molar-refractivity contribution is -0.136. The molecule has 0 spiro atoms. The number of imidazole rings is 1. The summed E-state index contributed by atoms with van der Waals surface area (Å²) in [5.41, 5.74) is 8.02. The maximum Gasteiger partial charge on any atom is 0.268 e. The van der Waals surface area contributed by atoms with Crippen LogP contribution in [0.5, 0.6) is 0 Å². The lowest BCUT2D eigenvalue weighted by atomic mass is 9.45. The molecule has 2 amide bonds. The minimum atomic E-state index is -0.0753. The summed E-state index contributed by atoms with van der Waals surface area (Å²) in [6, 6.07) is 5.54. The van der Waals surface area contributed by atoms with Crippen molar-refractivity contribution in [2.75, 3.05) is 26.2 Å². The van der Waals surface area contributed by atoms with Gasteiger partial charge in [-0.2, -0.15) is 0 Å². The number of pyridine rings is 1. The van der Waals surface area contributed by atoms with E-state index in [0.717, 1.165) is 25.6 Å². The van der Waals surface area contributed by atoms with E-state index < -0.39 is 0 Å². The molecule has 0 radical (unpaired) electrons. The molecule has 0 aromatic carbocycles. The number of nitrogens with two attached hydrogens (primary N) is 1. The second-order valence-electron chi connectivity index (χ2n) is 10.4. The fourth-order valence-electron chi connectivity index (χ4n) is 6.04. The Morgan fingerprint density at radius 2 is 2.06 bits per heavy atom. The molecular weight excluding hydrogens is 390 g/mol. The van der Waals surface area contributed by atoms with Crippen molar-refractivity contribution in [3.63, 3.8) is 0 Å². The third kappa shape index (κ3) is 3.53. The Morgan fingerprint density at radius 1 is 1.26 bits per heavy atom. The van der Waals surface area contributed by atoms with Gasteiger partial charge >= 0.3 is 0 Å². The lowest BCUT2D eigenvalue weighted by Gasteiger charge is -2.60. The summed E-state index contributed by atoms with van der Waals surface area (Å²) in [6.45, 7) is 7.58. The van der Waals surface area contributed by atoms with E-state index in [1.54, 1.807) is 4.40 Å². The first kappa shape index (κ1) is 20.5. The number of nitrogens with zero attached hydrogens (tertiary/aromatic N) is 3. The number of likely N-dealkylation sites (tertiary alicyclic amines) is 1. The van der Waals surface area contributed by atoms with Crippen LogP contribution in [0.1, 0.15) is 49.3 Å². The topological polar surface area (TPSA) is 92.7 Å². The van der Waals surface area contributed by atoms with Crippen molar-refractivity contribution in [2.24, 2.45) is 34.8 Å². The summed E-state index contributed by atoms with van der Waals surface area (Å²) < 4.78 is 1.81. The third-order valence-corrected chi connectivity index (χ3v) is 8.28. The lowest BCUT2D eigenvalue weighted by Crippen LogP contribution is -2.54. The molecule has 1 aliphatic heterocycles. The summed E-state index contributed by atoms with van der Waals surface area (Å²) in [6.07, 6.45) is 5.87. The zero-order valence-corrected chi connectivity index (χ0v) is 18.5. The molecule has 1 saturated heterocycles. The van der Waals surface area contributed by atoms with E-state index in [4.69, 9.17) is 5.73 Å². The maximum atomic E-state index is 13.0.